The van der Waals surface area contributed by atoms with Gasteiger partial charge in [-0.25, -0.2) is 9.78 Å². The number of hydrogen-bond acceptors (Lipinski definition) is 6. The van der Waals surface area contributed by atoms with Gasteiger partial charge in [-0.1, -0.05) is 51.1 Å². The summed E-state index contributed by atoms with van der Waals surface area (Å²) in [4.78, 5) is 28.8. The van der Waals surface area contributed by atoms with E-state index in [1.165, 1.54) is 11.3 Å². The second-order valence-electron chi connectivity index (χ2n) is 6.95. The maximum atomic E-state index is 12.5. The number of nitrogens with zero attached hydrogens (tertiary/aromatic N) is 1. The average Bonchev–Trinajstić information content (AvgIpc) is 3.07. The molecule has 0 unspecified atom stereocenters. The highest BCUT2D eigenvalue weighted by atomic mass is 32.1. The largest absolute Gasteiger partial charge is 0.450 e. The number of ether oxygens (including phenoxy) is 1. The van der Waals surface area contributed by atoms with Crippen LogP contribution in [0, 0.1) is 0 Å². The lowest BCUT2D eigenvalue weighted by Gasteiger charge is -2.19. The Kier molecular flexibility index (Phi) is 6.32. The Balaban J connectivity index is 2.00. The Morgan fingerprint density at radius 2 is 1.96 bits per heavy atom. The van der Waals surface area contributed by atoms with Gasteiger partial charge in [0.25, 0.3) is 0 Å². The van der Waals surface area contributed by atoms with Crippen LogP contribution in [0.1, 0.15) is 54.1 Å². The van der Waals surface area contributed by atoms with Crippen LogP contribution in [-0.4, -0.2) is 29.4 Å². The molecule has 2 rings (SSSR count). The second kappa shape index (κ2) is 8.27. The first-order chi connectivity index (χ1) is 12.2. The standard InChI is InChI=1S/C20H24N2O3S/c1-6-11-21-19-22-16(12-26-19)18(24)25-13(2)17(23)14-7-9-15(10-8-14)20(3,4)5/h6-10,12-13H,1,11H2,2-5H3,(H,21,22)/t13-/m1/s1. The number of esters is 1. The maximum absolute atomic E-state index is 12.5. The van der Waals surface area contributed by atoms with Crippen molar-refractivity contribution in [3.63, 3.8) is 0 Å². The molecule has 1 atom stereocenters. The van der Waals surface area contributed by atoms with E-state index < -0.39 is 12.1 Å². The van der Waals surface area contributed by atoms with Crippen molar-refractivity contribution in [1.29, 1.82) is 0 Å². The molecule has 1 aromatic heterocycles. The molecule has 0 spiro atoms. The number of carbonyl (C=O) groups excluding carboxylic acids is 2. The van der Waals surface area contributed by atoms with Gasteiger partial charge < -0.3 is 10.1 Å². The first-order valence-electron chi connectivity index (χ1n) is 8.38. The summed E-state index contributed by atoms with van der Waals surface area (Å²) >= 11 is 1.30. The molecule has 2 aromatic rings. The molecule has 6 heteroatoms. The first-order valence-corrected chi connectivity index (χ1v) is 9.26. The van der Waals surface area contributed by atoms with Crippen molar-refractivity contribution in [2.75, 3.05) is 11.9 Å². The fourth-order valence-corrected chi connectivity index (χ4v) is 2.94. The molecule has 0 aliphatic rings. The maximum Gasteiger partial charge on any atom is 0.358 e. The van der Waals surface area contributed by atoms with Crippen molar-refractivity contribution in [3.8, 4) is 0 Å². The van der Waals surface area contributed by atoms with E-state index >= 15 is 0 Å². The number of thiazole rings is 1. The van der Waals surface area contributed by atoms with Crippen LogP contribution in [0.2, 0.25) is 0 Å². The highest BCUT2D eigenvalue weighted by Gasteiger charge is 2.22. The molecule has 0 amide bonds. The molecule has 1 N–H and O–H groups in total. The van der Waals surface area contributed by atoms with Gasteiger partial charge in [-0.3, -0.25) is 4.79 Å². The van der Waals surface area contributed by atoms with Gasteiger partial charge in [0.05, 0.1) is 0 Å². The fraction of sp³-hybridized carbons (Fsp3) is 0.350. The number of Topliss-reactive ketones (excluding diaryl/α,β-unsaturated/α-hetero) is 1. The first kappa shape index (κ1) is 19.8. The summed E-state index contributed by atoms with van der Waals surface area (Å²) in [7, 11) is 0. The van der Waals surface area contributed by atoms with Gasteiger partial charge in [0.2, 0.25) is 5.78 Å². The Labute approximate surface area is 158 Å². The van der Waals surface area contributed by atoms with Gasteiger partial charge in [-0.05, 0) is 17.9 Å². The number of aromatic nitrogens is 1. The molecule has 138 valence electrons. The monoisotopic (exact) mass is 372 g/mol. The van der Waals surface area contributed by atoms with Crippen molar-refractivity contribution in [2.24, 2.45) is 0 Å². The highest BCUT2D eigenvalue weighted by Crippen LogP contribution is 2.23. The molecule has 0 aliphatic heterocycles. The number of anilines is 1. The number of nitrogens with one attached hydrogen (secondary N) is 1. The van der Waals surface area contributed by atoms with E-state index in [9.17, 15) is 9.59 Å². The summed E-state index contributed by atoms with van der Waals surface area (Å²) in [6.07, 6.45) is 0.819. The van der Waals surface area contributed by atoms with Crippen molar-refractivity contribution >= 4 is 28.2 Å². The minimum atomic E-state index is -0.880. The Morgan fingerprint density at radius 1 is 1.31 bits per heavy atom. The molecule has 0 radical (unpaired) electrons. The Bertz CT molecular complexity index is 788. The van der Waals surface area contributed by atoms with Gasteiger partial charge in [0, 0.05) is 17.5 Å². The lowest BCUT2D eigenvalue weighted by Crippen LogP contribution is -2.24. The molecule has 5 nitrogen and oxygen atoms in total. The third-order valence-corrected chi connectivity index (χ3v) is 4.60. The molecule has 0 aliphatic carbocycles. The van der Waals surface area contributed by atoms with Crippen molar-refractivity contribution in [3.05, 3.63) is 59.1 Å². The summed E-state index contributed by atoms with van der Waals surface area (Å²) in [5.74, 6) is -0.848. The fourth-order valence-electron chi connectivity index (χ4n) is 2.25. The van der Waals surface area contributed by atoms with E-state index in [4.69, 9.17) is 4.74 Å². The topological polar surface area (TPSA) is 68.3 Å². The summed E-state index contributed by atoms with van der Waals surface area (Å²) in [5, 5.41) is 5.21. The van der Waals surface area contributed by atoms with E-state index in [1.54, 1.807) is 30.5 Å². The molecular weight excluding hydrogens is 348 g/mol. The lowest BCUT2D eigenvalue weighted by atomic mass is 9.86. The molecule has 0 fully saturated rings. The van der Waals surface area contributed by atoms with Gasteiger partial charge in [0.15, 0.2) is 16.9 Å². The number of hydrogen-bond donors (Lipinski definition) is 1. The normalized spacial score (nSPS) is 12.3. The lowest BCUT2D eigenvalue weighted by molar-refractivity contribution is 0.0314. The van der Waals surface area contributed by atoms with E-state index in [0.717, 1.165) is 5.56 Å². The van der Waals surface area contributed by atoms with E-state index in [1.807, 2.05) is 12.1 Å². The zero-order valence-corrected chi connectivity index (χ0v) is 16.4. The van der Waals surface area contributed by atoms with E-state index in [0.29, 0.717) is 17.2 Å². The van der Waals surface area contributed by atoms with Gasteiger partial charge in [-0.15, -0.1) is 17.9 Å². The van der Waals surface area contributed by atoms with Crippen LogP contribution >= 0.6 is 11.3 Å². The van der Waals surface area contributed by atoms with Crippen LogP contribution in [0.5, 0.6) is 0 Å². The van der Waals surface area contributed by atoms with Gasteiger partial charge in [-0.2, -0.15) is 0 Å². The zero-order valence-electron chi connectivity index (χ0n) is 15.5. The summed E-state index contributed by atoms with van der Waals surface area (Å²) < 4.78 is 5.28. The zero-order chi connectivity index (χ0) is 19.3. The van der Waals surface area contributed by atoms with E-state index in [2.05, 4.69) is 37.7 Å². The third kappa shape index (κ3) is 5.02. The number of carbonyl (C=O) groups is 2. The minimum absolute atomic E-state index is 0.0155. The summed E-state index contributed by atoms with van der Waals surface area (Å²) in [6, 6.07) is 7.40. The molecule has 26 heavy (non-hydrogen) atoms. The summed E-state index contributed by atoms with van der Waals surface area (Å²) in [6.45, 7) is 12.1. The molecule has 0 saturated heterocycles. The predicted octanol–water partition coefficient (Wildman–Crippen LogP) is 4.47. The van der Waals surface area contributed by atoms with Crippen molar-refractivity contribution in [1.82, 2.24) is 4.98 Å². The SMILES string of the molecule is C=CCNc1nc(C(=O)O[C@H](C)C(=O)c2ccc(C(C)(C)C)cc2)cs1. The molecular formula is C20H24N2O3S. The van der Waals surface area contributed by atoms with E-state index in [-0.39, 0.29) is 16.9 Å². The van der Waals surface area contributed by atoms with Crippen LogP contribution in [0.4, 0.5) is 5.13 Å². The van der Waals surface area contributed by atoms with Crippen LogP contribution in [0.25, 0.3) is 0 Å². The van der Waals surface area contributed by atoms with Gasteiger partial charge in [0.1, 0.15) is 0 Å². The Hall–Kier alpha value is -2.47. The summed E-state index contributed by atoms with van der Waals surface area (Å²) in [5.41, 5.74) is 1.86. The van der Waals surface area contributed by atoms with Crippen LogP contribution in [-0.2, 0) is 10.2 Å². The quantitative estimate of drug-likeness (QED) is 0.441. The molecule has 1 heterocycles. The molecule has 0 saturated carbocycles. The second-order valence-corrected chi connectivity index (χ2v) is 7.80. The third-order valence-electron chi connectivity index (χ3n) is 3.80. The average molecular weight is 372 g/mol. The van der Waals surface area contributed by atoms with Crippen LogP contribution < -0.4 is 5.32 Å². The molecule has 0 bridgehead atoms. The smallest absolute Gasteiger partial charge is 0.358 e. The number of benzene rings is 1. The predicted molar refractivity (Wildman–Crippen MR) is 105 cm³/mol. The number of ketones is 1. The van der Waals surface area contributed by atoms with Crippen molar-refractivity contribution < 1.29 is 14.3 Å². The minimum Gasteiger partial charge on any atom is -0.450 e. The molecule has 1 aromatic carbocycles. The Morgan fingerprint density at radius 3 is 2.54 bits per heavy atom. The van der Waals surface area contributed by atoms with Crippen LogP contribution in [0.15, 0.2) is 42.3 Å². The van der Waals surface area contributed by atoms with Gasteiger partial charge >= 0.3 is 5.97 Å². The highest BCUT2D eigenvalue weighted by molar-refractivity contribution is 7.13. The number of rotatable bonds is 7. The van der Waals surface area contributed by atoms with Crippen LogP contribution in [0.3, 0.4) is 0 Å². The van der Waals surface area contributed by atoms with Crippen molar-refractivity contribution in [2.45, 2.75) is 39.2 Å².